The van der Waals surface area contributed by atoms with Crippen LogP contribution in [0.4, 0.5) is 0 Å². The van der Waals surface area contributed by atoms with Crippen molar-refractivity contribution < 1.29 is 60.9 Å². The lowest BCUT2D eigenvalue weighted by Crippen LogP contribution is -2.32. The van der Waals surface area contributed by atoms with E-state index in [9.17, 15) is 56.2 Å². The quantitative estimate of drug-likeness (QED) is 0.148. The first-order valence-corrected chi connectivity index (χ1v) is 12.7. The van der Waals surface area contributed by atoms with Crippen molar-refractivity contribution >= 4 is 0 Å². The normalized spacial score (nSPS) is 17.7. The fourth-order valence-corrected chi connectivity index (χ4v) is 5.33. The topological polar surface area (TPSA) is 232 Å². The maximum Gasteiger partial charge on any atom is 0.157 e. The number of hydrogen-bond donors (Lipinski definition) is 11. The first kappa shape index (κ1) is 28.3. The van der Waals surface area contributed by atoms with Gasteiger partial charge in [-0.05, 0) is 35.4 Å². The van der Waals surface area contributed by atoms with Gasteiger partial charge in [-0.1, -0.05) is 12.1 Å². The van der Waals surface area contributed by atoms with Crippen LogP contribution in [0.25, 0.3) is 0 Å². The molecule has 0 unspecified atom stereocenters. The van der Waals surface area contributed by atoms with Crippen LogP contribution < -0.4 is 4.74 Å². The van der Waals surface area contributed by atoms with Gasteiger partial charge in [0.2, 0.25) is 0 Å². The highest BCUT2D eigenvalue weighted by Crippen LogP contribution is 2.51. The Morgan fingerprint density at radius 2 is 1.29 bits per heavy atom. The minimum atomic E-state index is -1.58. The molecular formula is C30H28O12. The third kappa shape index (κ3) is 5.04. The van der Waals surface area contributed by atoms with E-state index in [-0.39, 0.29) is 40.0 Å². The van der Waals surface area contributed by atoms with Gasteiger partial charge < -0.3 is 60.9 Å². The van der Waals surface area contributed by atoms with E-state index in [1.807, 2.05) is 0 Å². The molecule has 0 saturated heterocycles. The summed E-state index contributed by atoms with van der Waals surface area (Å²) in [5.41, 5.74) is 0.222. The van der Waals surface area contributed by atoms with Crippen LogP contribution in [-0.4, -0.2) is 68.4 Å². The Balaban J connectivity index is 1.68. The summed E-state index contributed by atoms with van der Waals surface area (Å²) in [5, 5.41) is 115. The smallest absolute Gasteiger partial charge is 0.157 e. The number of aliphatic hydroxyl groups excluding tert-OH is 2. The van der Waals surface area contributed by atoms with E-state index in [0.29, 0.717) is 0 Å². The molecule has 0 fully saturated rings. The Hall–Kier alpha value is -5.20. The average Bonchev–Trinajstić information content (AvgIpc) is 2.91. The molecule has 5 rings (SSSR count). The first-order chi connectivity index (χ1) is 19.8. The van der Waals surface area contributed by atoms with Crippen LogP contribution in [0.1, 0.15) is 39.8 Å². The van der Waals surface area contributed by atoms with Crippen molar-refractivity contribution in [2.45, 2.75) is 37.1 Å². The Kier molecular flexibility index (Phi) is 7.19. The number of phenolic OH excluding ortho intramolecular Hbond substituents is 9. The molecule has 0 aliphatic carbocycles. The zero-order chi connectivity index (χ0) is 30.5. The Morgan fingerprint density at radius 1 is 0.667 bits per heavy atom. The second-order valence-corrected chi connectivity index (χ2v) is 10.2. The standard InChI is InChI=1S/C30H28O12/c31-14-7-19(34)15(20(35)8-14)9-24(39)27(12-1-3-17(32)22(37)5-12)28-25(40)11-21(36)16-10-26(41)29(42-30(16)28)13-2-4-18(33)23(38)6-13/h1-8,11,24,26-27,29,31-41H,9-10H2/t24-,26+,27-,29-/m0/s1. The van der Waals surface area contributed by atoms with Crippen LogP contribution in [-0.2, 0) is 12.8 Å². The molecule has 0 radical (unpaired) electrons. The molecule has 220 valence electrons. The summed E-state index contributed by atoms with van der Waals surface area (Å²) in [6.07, 6.45) is -4.64. The summed E-state index contributed by atoms with van der Waals surface area (Å²) in [4.78, 5) is 0. The zero-order valence-corrected chi connectivity index (χ0v) is 21.7. The van der Waals surface area contributed by atoms with Crippen molar-refractivity contribution in [2.24, 2.45) is 0 Å². The highest BCUT2D eigenvalue weighted by Gasteiger charge is 2.39. The average molecular weight is 581 g/mol. The number of rotatable bonds is 6. The molecule has 1 aliphatic heterocycles. The fourth-order valence-electron chi connectivity index (χ4n) is 5.33. The highest BCUT2D eigenvalue weighted by molar-refractivity contribution is 5.62. The number of ether oxygens (including phenoxy) is 1. The van der Waals surface area contributed by atoms with Crippen LogP contribution in [0.5, 0.6) is 57.5 Å². The number of benzene rings is 4. The van der Waals surface area contributed by atoms with Crippen molar-refractivity contribution in [3.63, 3.8) is 0 Å². The van der Waals surface area contributed by atoms with E-state index in [4.69, 9.17) is 4.74 Å². The molecule has 11 N–H and O–H groups in total. The molecule has 0 bridgehead atoms. The lowest BCUT2D eigenvalue weighted by molar-refractivity contribution is 0.0181. The molecule has 0 spiro atoms. The minimum Gasteiger partial charge on any atom is -0.508 e. The van der Waals surface area contributed by atoms with Crippen LogP contribution in [0.15, 0.2) is 54.6 Å². The van der Waals surface area contributed by atoms with Crippen molar-refractivity contribution in [3.05, 3.63) is 82.4 Å². The van der Waals surface area contributed by atoms with E-state index < -0.39 is 82.4 Å². The van der Waals surface area contributed by atoms with Gasteiger partial charge in [0, 0.05) is 53.6 Å². The van der Waals surface area contributed by atoms with Gasteiger partial charge in [-0.3, -0.25) is 0 Å². The fraction of sp³-hybridized carbons (Fsp3) is 0.200. The molecule has 0 aromatic heterocycles. The van der Waals surface area contributed by atoms with Gasteiger partial charge in [-0.15, -0.1) is 0 Å². The van der Waals surface area contributed by atoms with Gasteiger partial charge in [0.1, 0.15) is 40.6 Å². The predicted octanol–water partition coefficient (Wildman–Crippen LogP) is 2.81. The number of aliphatic hydroxyl groups is 2. The van der Waals surface area contributed by atoms with Gasteiger partial charge >= 0.3 is 0 Å². The Bertz CT molecular complexity index is 1640. The van der Waals surface area contributed by atoms with Gasteiger partial charge in [0.05, 0.1) is 12.2 Å². The Morgan fingerprint density at radius 3 is 1.90 bits per heavy atom. The maximum atomic E-state index is 11.6. The monoisotopic (exact) mass is 580 g/mol. The van der Waals surface area contributed by atoms with E-state index in [0.717, 1.165) is 30.3 Å². The van der Waals surface area contributed by atoms with Crippen LogP contribution in [0, 0.1) is 0 Å². The van der Waals surface area contributed by atoms with E-state index in [2.05, 4.69) is 0 Å². The summed E-state index contributed by atoms with van der Waals surface area (Å²) in [5.74, 6) is -5.79. The second-order valence-electron chi connectivity index (χ2n) is 10.2. The summed E-state index contributed by atoms with van der Waals surface area (Å²) in [6, 6.07) is 10.3. The van der Waals surface area contributed by atoms with Crippen molar-refractivity contribution in [1.29, 1.82) is 0 Å². The third-order valence-electron chi connectivity index (χ3n) is 7.37. The number of fused-ring (bicyclic) bond motifs is 1. The molecule has 1 heterocycles. The lowest BCUT2D eigenvalue weighted by atomic mass is 9.80. The molecule has 1 aliphatic rings. The molecule has 4 aromatic carbocycles. The van der Waals surface area contributed by atoms with Crippen molar-refractivity contribution in [2.75, 3.05) is 0 Å². The lowest BCUT2D eigenvalue weighted by Gasteiger charge is -2.35. The van der Waals surface area contributed by atoms with Crippen molar-refractivity contribution in [1.82, 2.24) is 0 Å². The van der Waals surface area contributed by atoms with Gasteiger partial charge in [0.15, 0.2) is 23.0 Å². The van der Waals surface area contributed by atoms with Crippen LogP contribution >= 0.6 is 0 Å². The minimum absolute atomic E-state index is 0.0741. The summed E-state index contributed by atoms with van der Waals surface area (Å²) >= 11 is 0. The molecule has 4 aromatic rings. The third-order valence-corrected chi connectivity index (χ3v) is 7.37. The molecule has 4 atom stereocenters. The highest BCUT2D eigenvalue weighted by atomic mass is 16.5. The first-order valence-electron chi connectivity index (χ1n) is 12.7. The van der Waals surface area contributed by atoms with E-state index in [1.165, 1.54) is 24.3 Å². The SMILES string of the molecule is Oc1cc(O)c(C[C@H](O)[C@H](c2ccc(O)c(O)c2)c2c(O)cc(O)c3c2O[C@@H](c2ccc(O)c(O)c2)[C@H](O)C3)c(O)c1. The maximum absolute atomic E-state index is 11.6. The summed E-state index contributed by atoms with van der Waals surface area (Å²) in [6.45, 7) is 0. The van der Waals surface area contributed by atoms with Crippen LogP contribution in [0.3, 0.4) is 0 Å². The number of aromatic hydroxyl groups is 9. The van der Waals surface area contributed by atoms with E-state index >= 15 is 0 Å². The van der Waals surface area contributed by atoms with Gasteiger partial charge in [0.25, 0.3) is 0 Å². The van der Waals surface area contributed by atoms with Gasteiger partial charge in [-0.2, -0.15) is 0 Å². The molecule has 42 heavy (non-hydrogen) atoms. The molecule has 0 saturated carbocycles. The van der Waals surface area contributed by atoms with Crippen molar-refractivity contribution in [3.8, 4) is 57.5 Å². The van der Waals surface area contributed by atoms with Gasteiger partial charge in [-0.25, -0.2) is 0 Å². The molecule has 12 nitrogen and oxygen atoms in total. The predicted molar refractivity (Wildman–Crippen MR) is 145 cm³/mol. The second kappa shape index (κ2) is 10.7. The Labute approximate surface area is 238 Å². The number of hydrogen-bond acceptors (Lipinski definition) is 12. The summed E-state index contributed by atoms with van der Waals surface area (Å²) < 4.78 is 6.12. The molecule has 0 amide bonds. The zero-order valence-electron chi connectivity index (χ0n) is 21.7. The van der Waals surface area contributed by atoms with E-state index in [1.54, 1.807) is 0 Å². The van der Waals surface area contributed by atoms with Crippen LogP contribution in [0.2, 0.25) is 0 Å². The largest absolute Gasteiger partial charge is 0.508 e. The number of phenols is 9. The molecular weight excluding hydrogens is 552 g/mol. The molecule has 12 heteroatoms. The summed E-state index contributed by atoms with van der Waals surface area (Å²) in [7, 11) is 0.